The first-order valence-corrected chi connectivity index (χ1v) is 6.57. The maximum atomic E-state index is 14.3. The molecule has 0 aliphatic carbocycles. The minimum Gasteiger partial charge on any atom is -0.236 e. The summed E-state index contributed by atoms with van der Waals surface area (Å²) in [5.74, 6) is -0.141. The SMILES string of the molecule is Cc1cc(C)c(-c2ncnc(Cl)c2C(C)C)c(F)c1. The predicted octanol–water partition coefficient (Wildman–Crippen LogP) is 4.68. The summed E-state index contributed by atoms with van der Waals surface area (Å²) in [6.45, 7) is 7.74. The van der Waals surface area contributed by atoms with Crippen LogP contribution < -0.4 is 0 Å². The average Bonchev–Trinajstić information content (AvgIpc) is 2.26. The number of halogens is 2. The summed E-state index contributed by atoms with van der Waals surface area (Å²) in [6.07, 6.45) is 1.38. The van der Waals surface area contributed by atoms with Crippen LogP contribution in [0.4, 0.5) is 4.39 Å². The molecule has 0 atom stereocenters. The van der Waals surface area contributed by atoms with E-state index in [9.17, 15) is 4.39 Å². The monoisotopic (exact) mass is 278 g/mol. The molecular weight excluding hydrogens is 263 g/mol. The predicted molar refractivity (Wildman–Crippen MR) is 76.0 cm³/mol. The molecule has 2 nitrogen and oxygen atoms in total. The second-order valence-corrected chi connectivity index (χ2v) is 5.38. The minimum atomic E-state index is -0.269. The van der Waals surface area contributed by atoms with Gasteiger partial charge in [-0.3, -0.25) is 0 Å². The molecule has 0 saturated carbocycles. The maximum absolute atomic E-state index is 14.3. The molecule has 19 heavy (non-hydrogen) atoms. The summed E-state index contributed by atoms with van der Waals surface area (Å²) >= 11 is 6.14. The van der Waals surface area contributed by atoms with Gasteiger partial charge in [-0.1, -0.05) is 31.5 Å². The molecule has 0 N–H and O–H groups in total. The third-order valence-electron chi connectivity index (χ3n) is 3.08. The molecule has 0 aliphatic rings. The van der Waals surface area contributed by atoms with Gasteiger partial charge < -0.3 is 0 Å². The van der Waals surface area contributed by atoms with Gasteiger partial charge in [-0.05, 0) is 37.0 Å². The quantitative estimate of drug-likeness (QED) is 0.746. The van der Waals surface area contributed by atoms with Gasteiger partial charge in [0.25, 0.3) is 0 Å². The number of nitrogens with zero attached hydrogens (tertiary/aromatic N) is 2. The van der Waals surface area contributed by atoms with Crippen LogP contribution in [-0.4, -0.2) is 9.97 Å². The van der Waals surface area contributed by atoms with E-state index in [2.05, 4.69) is 9.97 Å². The fourth-order valence-corrected chi connectivity index (χ4v) is 2.65. The van der Waals surface area contributed by atoms with E-state index < -0.39 is 0 Å². The molecular formula is C15H16ClFN2. The lowest BCUT2D eigenvalue weighted by molar-refractivity contribution is 0.627. The van der Waals surface area contributed by atoms with Crippen LogP contribution in [0.3, 0.4) is 0 Å². The Morgan fingerprint density at radius 1 is 1.16 bits per heavy atom. The van der Waals surface area contributed by atoms with Crippen LogP contribution in [0.5, 0.6) is 0 Å². The Bertz CT molecular complexity index is 601. The molecule has 4 heteroatoms. The summed E-state index contributed by atoms with van der Waals surface area (Å²) in [4.78, 5) is 8.24. The van der Waals surface area contributed by atoms with E-state index in [0.717, 1.165) is 16.7 Å². The van der Waals surface area contributed by atoms with Gasteiger partial charge in [-0.15, -0.1) is 0 Å². The van der Waals surface area contributed by atoms with Gasteiger partial charge in [0, 0.05) is 11.1 Å². The Morgan fingerprint density at radius 2 is 1.84 bits per heavy atom. The van der Waals surface area contributed by atoms with Crippen molar-refractivity contribution in [3.63, 3.8) is 0 Å². The van der Waals surface area contributed by atoms with Crippen molar-refractivity contribution < 1.29 is 4.39 Å². The second kappa shape index (κ2) is 5.25. The number of benzene rings is 1. The van der Waals surface area contributed by atoms with Gasteiger partial charge in [0.15, 0.2) is 0 Å². The summed E-state index contributed by atoms with van der Waals surface area (Å²) < 4.78 is 14.3. The van der Waals surface area contributed by atoms with E-state index in [0.29, 0.717) is 16.4 Å². The van der Waals surface area contributed by atoms with Crippen molar-refractivity contribution in [3.05, 3.63) is 46.1 Å². The zero-order valence-corrected chi connectivity index (χ0v) is 12.2. The van der Waals surface area contributed by atoms with Crippen molar-refractivity contribution in [2.75, 3.05) is 0 Å². The molecule has 100 valence electrons. The van der Waals surface area contributed by atoms with Gasteiger partial charge >= 0.3 is 0 Å². The first-order chi connectivity index (χ1) is 8.91. The summed E-state index contributed by atoms with van der Waals surface area (Å²) in [5.41, 5.74) is 3.64. The lowest BCUT2D eigenvalue weighted by atomic mass is 9.94. The molecule has 0 radical (unpaired) electrons. The second-order valence-electron chi connectivity index (χ2n) is 5.02. The Hall–Kier alpha value is -1.48. The van der Waals surface area contributed by atoms with Gasteiger partial charge in [-0.2, -0.15) is 0 Å². The van der Waals surface area contributed by atoms with Crippen molar-refractivity contribution in [1.29, 1.82) is 0 Å². The summed E-state index contributed by atoms with van der Waals surface area (Å²) in [5, 5.41) is 0.388. The number of hydrogen-bond donors (Lipinski definition) is 0. The van der Waals surface area contributed by atoms with Gasteiger partial charge in [-0.25, -0.2) is 14.4 Å². The minimum absolute atomic E-state index is 0.129. The topological polar surface area (TPSA) is 25.8 Å². The molecule has 0 aliphatic heterocycles. The highest BCUT2D eigenvalue weighted by Gasteiger charge is 2.19. The lowest BCUT2D eigenvalue weighted by Gasteiger charge is -2.15. The van der Waals surface area contributed by atoms with Crippen LogP contribution >= 0.6 is 11.6 Å². The molecule has 1 heterocycles. The van der Waals surface area contributed by atoms with Crippen molar-refractivity contribution in [3.8, 4) is 11.3 Å². The number of hydrogen-bond acceptors (Lipinski definition) is 2. The number of aryl methyl sites for hydroxylation is 2. The van der Waals surface area contributed by atoms with Crippen LogP contribution in [0.1, 0.15) is 36.5 Å². The van der Waals surface area contributed by atoms with Gasteiger partial charge in [0.2, 0.25) is 0 Å². The van der Waals surface area contributed by atoms with Crippen molar-refractivity contribution in [1.82, 2.24) is 9.97 Å². The van der Waals surface area contributed by atoms with E-state index in [1.807, 2.05) is 33.8 Å². The normalized spacial score (nSPS) is 11.1. The highest BCUT2D eigenvalue weighted by molar-refractivity contribution is 6.30. The van der Waals surface area contributed by atoms with Crippen LogP contribution in [-0.2, 0) is 0 Å². The van der Waals surface area contributed by atoms with E-state index in [1.165, 1.54) is 12.4 Å². The first kappa shape index (κ1) is 13.9. The highest BCUT2D eigenvalue weighted by atomic mass is 35.5. The van der Waals surface area contributed by atoms with Crippen LogP contribution in [0.2, 0.25) is 5.15 Å². The van der Waals surface area contributed by atoms with Crippen molar-refractivity contribution in [2.45, 2.75) is 33.6 Å². The molecule has 1 aromatic carbocycles. The fourth-order valence-electron chi connectivity index (χ4n) is 2.30. The zero-order chi connectivity index (χ0) is 14.2. The molecule has 0 fully saturated rings. The Labute approximate surface area is 117 Å². The van der Waals surface area contributed by atoms with Crippen molar-refractivity contribution >= 4 is 11.6 Å². The van der Waals surface area contributed by atoms with E-state index in [4.69, 9.17) is 11.6 Å². The standard InChI is InChI=1S/C15H16ClFN2/c1-8(2)12-14(18-7-19-15(12)16)13-10(4)5-9(3)6-11(13)17/h5-8H,1-4H3. The number of rotatable bonds is 2. The van der Waals surface area contributed by atoms with Crippen LogP contribution in [0.25, 0.3) is 11.3 Å². The van der Waals surface area contributed by atoms with Crippen LogP contribution in [0, 0.1) is 19.7 Å². The highest BCUT2D eigenvalue weighted by Crippen LogP contribution is 2.35. The van der Waals surface area contributed by atoms with E-state index in [-0.39, 0.29) is 11.7 Å². The third-order valence-corrected chi connectivity index (χ3v) is 3.38. The molecule has 0 amide bonds. The summed E-state index contributed by atoms with van der Waals surface area (Å²) in [6, 6.07) is 3.46. The first-order valence-electron chi connectivity index (χ1n) is 6.19. The van der Waals surface area contributed by atoms with Gasteiger partial charge in [0.05, 0.1) is 5.69 Å². The Kier molecular flexibility index (Phi) is 3.85. The average molecular weight is 279 g/mol. The van der Waals surface area contributed by atoms with Gasteiger partial charge in [0.1, 0.15) is 17.3 Å². The van der Waals surface area contributed by atoms with Crippen LogP contribution in [0.15, 0.2) is 18.5 Å². The maximum Gasteiger partial charge on any atom is 0.136 e. The molecule has 0 spiro atoms. The molecule has 1 aromatic heterocycles. The smallest absolute Gasteiger partial charge is 0.136 e. The lowest BCUT2D eigenvalue weighted by Crippen LogP contribution is -2.02. The molecule has 0 unspecified atom stereocenters. The molecule has 2 rings (SSSR count). The Balaban J connectivity index is 2.76. The third kappa shape index (κ3) is 2.61. The largest absolute Gasteiger partial charge is 0.236 e. The molecule has 0 saturated heterocycles. The van der Waals surface area contributed by atoms with E-state index >= 15 is 0 Å². The number of aromatic nitrogens is 2. The molecule has 2 aromatic rings. The Morgan fingerprint density at radius 3 is 2.42 bits per heavy atom. The van der Waals surface area contributed by atoms with E-state index in [1.54, 1.807) is 0 Å². The zero-order valence-electron chi connectivity index (χ0n) is 11.5. The fraction of sp³-hybridized carbons (Fsp3) is 0.333. The summed E-state index contributed by atoms with van der Waals surface area (Å²) in [7, 11) is 0. The molecule has 0 bridgehead atoms. The van der Waals surface area contributed by atoms with Crippen molar-refractivity contribution in [2.24, 2.45) is 0 Å².